The van der Waals surface area contributed by atoms with E-state index in [1.54, 1.807) is 17.0 Å². The number of ether oxygens (including phenoxy) is 1. The lowest BCUT2D eigenvalue weighted by Crippen LogP contribution is -2.55. The first-order valence-corrected chi connectivity index (χ1v) is 10.3. The Balaban J connectivity index is 2.09. The molecular formula is C22H33N3O4. The standard InChI is InChI=1S/C22H33N3O4/c1-5-16(3)23-22(28)20(24-21(27)18-8-6-15(2)7-9-18)17-10-12-25(13-11-17)19(26)14-29-4/h6-9,16-17,20H,5,10-14H2,1-4H3,(H,23,28)(H,24,27)/t16-,20-/m1/s1. The summed E-state index contributed by atoms with van der Waals surface area (Å²) in [6, 6.07) is 6.69. The van der Waals surface area contributed by atoms with Crippen molar-refractivity contribution in [2.45, 2.75) is 52.1 Å². The fourth-order valence-corrected chi connectivity index (χ4v) is 3.46. The number of nitrogens with one attached hydrogen (secondary N) is 2. The van der Waals surface area contributed by atoms with Gasteiger partial charge >= 0.3 is 0 Å². The largest absolute Gasteiger partial charge is 0.375 e. The molecule has 0 spiro atoms. The van der Waals surface area contributed by atoms with Crippen LogP contribution in [-0.4, -0.2) is 61.5 Å². The molecule has 1 aromatic rings. The molecule has 1 aromatic carbocycles. The number of aryl methyl sites for hydroxylation is 1. The average molecular weight is 404 g/mol. The third-order valence-electron chi connectivity index (χ3n) is 5.52. The van der Waals surface area contributed by atoms with E-state index in [9.17, 15) is 14.4 Å². The van der Waals surface area contributed by atoms with Gasteiger partial charge in [-0.15, -0.1) is 0 Å². The van der Waals surface area contributed by atoms with Gasteiger partial charge in [-0.1, -0.05) is 24.6 Å². The maximum atomic E-state index is 12.9. The van der Waals surface area contributed by atoms with E-state index in [2.05, 4.69) is 10.6 Å². The number of piperidine rings is 1. The monoisotopic (exact) mass is 403 g/mol. The molecule has 1 aliphatic rings. The molecule has 2 rings (SSSR count). The minimum Gasteiger partial charge on any atom is -0.375 e. The molecule has 7 nitrogen and oxygen atoms in total. The molecule has 0 aliphatic carbocycles. The van der Waals surface area contributed by atoms with Gasteiger partial charge in [0.15, 0.2) is 0 Å². The Bertz CT molecular complexity index is 697. The molecule has 0 unspecified atom stereocenters. The third kappa shape index (κ3) is 6.56. The summed E-state index contributed by atoms with van der Waals surface area (Å²) in [7, 11) is 1.50. The zero-order valence-electron chi connectivity index (χ0n) is 17.9. The summed E-state index contributed by atoms with van der Waals surface area (Å²) in [4.78, 5) is 39.5. The van der Waals surface area contributed by atoms with Gasteiger partial charge in [0.05, 0.1) is 0 Å². The number of methoxy groups -OCH3 is 1. The van der Waals surface area contributed by atoms with Crippen LogP contribution in [0.2, 0.25) is 0 Å². The summed E-state index contributed by atoms with van der Waals surface area (Å²) in [5, 5.41) is 5.93. The van der Waals surface area contributed by atoms with Crippen molar-refractivity contribution in [2.24, 2.45) is 5.92 Å². The SMILES string of the molecule is CC[C@@H](C)NC(=O)[C@H](NC(=O)c1ccc(C)cc1)C1CCN(C(=O)COC)CC1. The fraction of sp³-hybridized carbons (Fsp3) is 0.591. The predicted molar refractivity (Wildman–Crippen MR) is 112 cm³/mol. The molecule has 0 radical (unpaired) electrons. The lowest BCUT2D eigenvalue weighted by Gasteiger charge is -2.36. The van der Waals surface area contributed by atoms with Crippen LogP contribution in [0, 0.1) is 12.8 Å². The Hall–Kier alpha value is -2.41. The van der Waals surface area contributed by atoms with Gasteiger partial charge in [-0.25, -0.2) is 0 Å². The zero-order valence-corrected chi connectivity index (χ0v) is 17.9. The smallest absolute Gasteiger partial charge is 0.251 e. The Kier molecular flexibility index (Phi) is 8.64. The molecule has 1 saturated heterocycles. The van der Waals surface area contributed by atoms with E-state index in [-0.39, 0.29) is 36.3 Å². The summed E-state index contributed by atoms with van der Waals surface area (Å²) in [6.45, 7) is 7.09. The quantitative estimate of drug-likeness (QED) is 0.694. The van der Waals surface area contributed by atoms with Crippen molar-refractivity contribution in [1.29, 1.82) is 0 Å². The number of carbonyl (C=O) groups is 3. The molecule has 0 saturated carbocycles. The first kappa shape index (κ1) is 22.9. The van der Waals surface area contributed by atoms with Crippen molar-refractivity contribution in [3.63, 3.8) is 0 Å². The van der Waals surface area contributed by atoms with E-state index >= 15 is 0 Å². The maximum Gasteiger partial charge on any atom is 0.251 e. The first-order chi connectivity index (χ1) is 13.8. The number of nitrogens with zero attached hydrogens (tertiary/aromatic N) is 1. The minimum absolute atomic E-state index is 0.0277. The highest BCUT2D eigenvalue weighted by Gasteiger charge is 2.34. The van der Waals surface area contributed by atoms with Crippen molar-refractivity contribution < 1.29 is 19.1 Å². The Labute approximate surface area is 173 Å². The van der Waals surface area contributed by atoms with Gasteiger partial charge in [0.1, 0.15) is 12.6 Å². The number of rotatable bonds is 8. The molecule has 1 heterocycles. The van der Waals surface area contributed by atoms with Gasteiger partial charge in [-0.3, -0.25) is 14.4 Å². The highest BCUT2D eigenvalue weighted by molar-refractivity contribution is 5.97. The molecule has 2 N–H and O–H groups in total. The van der Waals surface area contributed by atoms with Crippen molar-refractivity contribution in [3.8, 4) is 0 Å². The van der Waals surface area contributed by atoms with E-state index in [0.29, 0.717) is 31.5 Å². The fourth-order valence-electron chi connectivity index (χ4n) is 3.46. The van der Waals surface area contributed by atoms with Crippen LogP contribution in [0.15, 0.2) is 24.3 Å². The van der Waals surface area contributed by atoms with Gasteiger partial charge in [-0.2, -0.15) is 0 Å². The molecule has 0 aromatic heterocycles. The van der Waals surface area contributed by atoms with Gasteiger partial charge in [-0.05, 0) is 51.2 Å². The number of hydrogen-bond acceptors (Lipinski definition) is 4. The number of hydrogen-bond donors (Lipinski definition) is 2. The normalized spacial score (nSPS) is 16.8. The summed E-state index contributed by atoms with van der Waals surface area (Å²) in [5.74, 6) is -0.496. The Morgan fingerprint density at radius 1 is 1.14 bits per heavy atom. The van der Waals surface area contributed by atoms with E-state index in [4.69, 9.17) is 4.74 Å². The Morgan fingerprint density at radius 2 is 1.76 bits per heavy atom. The highest BCUT2D eigenvalue weighted by Crippen LogP contribution is 2.22. The lowest BCUT2D eigenvalue weighted by molar-refractivity contribution is -0.136. The molecule has 1 aliphatic heterocycles. The third-order valence-corrected chi connectivity index (χ3v) is 5.52. The molecule has 1 fully saturated rings. The van der Waals surface area contributed by atoms with Crippen LogP contribution >= 0.6 is 0 Å². The lowest BCUT2D eigenvalue weighted by atomic mass is 9.88. The van der Waals surface area contributed by atoms with Crippen molar-refractivity contribution in [3.05, 3.63) is 35.4 Å². The van der Waals surface area contributed by atoms with E-state index < -0.39 is 6.04 Å². The van der Waals surface area contributed by atoms with Gasteiger partial charge < -0.3 is 20.3 Å². The topological polar surface area (TPSA) is 87.7 Å². The number of carbonyl (C=O) groups excluding carboxylic acids is 3. The minimum atomic E-state index is -0.627. The number of benzene rings is 1. The van der Waals surface area contributed by atoms with Crippen LogP contribution < -0.4 is 10.6 Å². The van der Waals surface area contributed by atoms with Crippen molar-refractivity contribution in [2.75, 3.05) is 26.8 Å². The van der Waals surface area contributed by atoms with E-state index in [1.165, 1.54) is 7.11 Å². The van der Waals surface area contributed by atoms with Crippen LogP contribution in [0.3, 0.4) is 0 Å². The second-order valence-corrected chi connectivity index (χ2v) is 7.79. The molecule has 7 heteroatoms. The van der Waals surface area contributed by atoms with E-state index in [1.807, 2.05) is 32.9 Å². The summed E-state index contributed by atoms with van der Waals surface area (Å²) < 4.78 is 4.92. The number of likely N-dealkylation sites (tertiary alicyclic amines) is 1. The summed E-state index contributed by atoms with van der Waals surface area (Å²) >= 11 is 0. The Morgan fingerprint density at radius 3 is 2.31 bits per heavy atom. The molecular weight excluding hydrogens is 370 g/mol. The van der Waals surface area contributed by atoms with Gasteiger partial charge in [0.25, 0.3) is 5.91 Å². The molecule has 0 bridgehead atoms. The highest BCUT2D eigenvalue weighted by atomic mass is 16.5. The summed E-state index contributed by atoms with van der Waals surface area (Å²) in [5.41, 5.74) is 1.60. The van der Waals surface area contributed by atoms with Crippen LogP contribution in [0.5, 0.6) is 0 Å². The van der Waals surface area contributed by atoms with Crippen molar-refractivity contribution >= 4 is 17.7 Å². The van der Waals surface area contributed by atoms with Crippen LogP contribution in [-0.2, 0) is 14.3 Å². The maximum absolute atomic E-state index is 12.9. The van der Waals surface area contributed by atoms with Gasteiger partial charge in [0, 0.05) is 31.8 Å². The first-order valence-electron chi connectivity index (χ1n) is 10.3. The van der Waals surface area contributed by atoms with E-state index in [0.717, 1.165) is 12.0 Å². The van der Waals surface area contributed by atoms with Crippen LogP contribution in [0.1, 0.15) is 49.0 Å². The second kappa shape index (κ2) is 11.0. The van der Waals surface area contributed by atoms with Crippen LogP contribution in [0.4, 0.5) is 0 Å². The zero-order chi connectivity index (χ0) is 21.4. The molecule has 3 amide bonds. The molecule has 160 valence electrons. The summed E-state index contributed by atoms with van der Waals surface area (Å²) in [6.07, 6.45) is 2.12. The number of amides is 3. The molecule has 2 atom stereocenters. The molecule has 29 heavy (non-hydrogen) atoms. The van der Waals surface area contributed by atoms with Crippen LogP contribution in [0.25, 0.3) is 0 Å². The van der Waals surface area contributed by atoms with Gasteiger partial charge in [0.2, 0.25) is 11.8 Å². The average Bonchev–Trinajstić information content (AvgIpc) is 2.72. The predicted octanol–water partition coefficient (Wildman–Crippen LogP) is 1.89. The second-order valence-electron chi connectivity index (χ2n) is 7.79. The van der Waals surface area contributed by atoms with Crippen molar-refractivity contribution in [1.82, 2.24) is 15.5 Å².